The summed E-state index contributed by atoms with van der Waals surface area (Å²) < 4.78 is 52.0. The number of thiophene rings is 1. The van der Waals surface area contributed by atoms with Gasteiger partial charge >= 0.3 is 0 Å². The van der Waals surface area contributed by atoms with Crippen LogP contribution in [0.4, 0.5) is 0 Å². The lowest BCUT2D eigenvalue weighted by molar-refractivity contribution is 0.890. The zero-order chi connectivity index (χ0) is 12.8. The minimum atomic E-state index is -2.90. The molecule has 0 aromatic carbocycles. The molecule has 0 radical (unpaired) electrons. The van der Waals surface area contributed by atoms with Crippen LogP contribution in [-0.4, -0.2) is 0 Å². The lowest BCUT2D eigenvalue weighted by atomic mass is 10.2. The van der Waals surface area contributed by atoms with Gasteiger partial charge in [0.25, 0.3) is 0 Å². The second-order valence-electron chi connectivity index (χ2n) is 1.48. The van der Waals surface area contributed by atoms with Gasteiger partial charge in [0.2, 0.25) is 0 Å². The van der Waals surface area contributed by atoms with Crippen LogP contribution in [0.1, 0.15) is 34.1 Å². The SMILES string of the molecule is [2H]C([2H])([2H])C([2H])(c1ccc(Br)s1)C([2H])([2H])[2H]. The van der Waals surface area contributed by atoms with Crippen molar-refractivity contribution in [2.45, 2.75) is 19.6 Å². The third kappa shape index (κ3) is 1.80. The Morgan fingerprint density at radius 1 is 1.78 bits per heavy atom. The van der Waals surface area contributed by atoms with E-state index in [4.69, 9.17) is 9.60 Å². The summed E-state index contributed by atoms with van der Waals surface area (Å²) >= 11 is 4.08. The first-order valence-corrected chi connectivity index (χ1v) is 3.87. The predicted molar refractivity (Wildman–Crippen MR) is 46.1 cm³/mol. The molecule has 50 valence electrons. The van der Waals surface area contributed by atoms with E-state index < -0.39 is 19.6 Å². The van der Waals surface area contributed by atoms with Gasteiger partial charge in [-0.2, -0.15) is 0 Å². The van der Waals surface area contributed by atoms with Gasteiger partial charge in [-0.05, 0) is 34.0 Å². The molecule has 0 aliphatic rings. The predicted octanol–water partition coefficient (Wildman–Crippen LogP) is 3.63. The van der Waals surface area contributed by atoms with Crippen molar-refractivity contribution in [1.82, 2.24) is 0 Å². The first-order chi connectivity index (χ1) is 7.00. The number of rotatable bonds is 1. The molecule has 0 saturated carbocycles. The fraction of sp³-hybridized carbons (Fsp3) is 0.429. The lowest BCUT2D eigenvalue weighted by Crippen LogP contribution is -1.77. The van der Waals surface area contributed by atoms with Crippen molar-refractivity contribution < 1.29 is 9.60 Å². The van der Waals surface area contributed by atoms with Gasteiger partial charge in [-0.3, -0.25) is 0 Å². The van der Waals surface area contributed by atoms with Gasteiger partial charge in [0.1, 0.15) is 0 Å². The van der Waals surface area contributed by atoms with E-state index in [1.54, 1.807) is 6.07 Å². The van der Waals surface area contributed by atoms with Gasteiger partial charge in [-0.25, -0.2) is 0 Å². The summed E-state index contributed by atoms with van der Waals surface area (Å²) in [7, 11) is 0. The molecule has 0 saturated heterocycles. The minimum Gasteiger partial charge on any atom is -0.133 e. The smallest absolute Gasteiger partial charge is 0.0701 e. The molecule has 0 aliphatic carbocycles. The molecule has 0 spiro atoms. The van der Waals surface area contributed by atoms with Crippen molar-refractivity contribution in [3.8, 4) is 0 Å². The Balaban J connectivity index is 3.38. The van der Waals surface area contributed by atoms with Crippen LogP contribution in [0.2, 0.25) is 0 Å². The van der Waals surface area contributed by atoms with Crippen LogP contribution in [0, 0.1) is 0 Å². The summed E-state index contributed by atoms with van der Waals surface area (Å²) in [5, 5.41) is 0. The van der Waals surface area contributed by atoms with Crippen molar-refractivity contribution in [3.05, 3.63) is 20.8 Å². The maximum atomic E-state index is 7.84. The van der Waals surface area contributed by atoms with E-state index in [9.17, 15) is 0 Å². The average Bonchev–Trinajstić information content (AvgIpc) is 2.46. The van der Waals surface area contributed by atoms with E-state index in [1.165, 1.54) is 6.07 Å². The molecular formula is C7H9BrS. The third-order valence-corrected chi connectivity index (χ3v) is 2.46. The van der Waals surface area contributed by atoms with Crippen molar-refractivity contribution >= 4 is 27.3 Å². The van der Waals surface area contributed by atoms with Gasteiger partial charge < -0.3 is 0 Å². The molecule has 0 atom stereocenters. The lowest BCUT2D eigenvalue weighted by Gasteiger charge is -1.95. The van der Waals surface area contributed by atoms with Crippen LogP contribution in [0.5, 0.6) is 0 Å². The molecule has 1 rings (SSSR count). The van der Waals surface area contributed by atoms with E-state index in [0.29, 0.717) is 3.79 Å². The normalized spacial score (nSPS) is 26.1. The van der Waals surface area contributed by atoms with Crippen LogP contribution >= 0.6 is 27.3 Å². The Hall–Kier alpha value is 0.180. The highest BCUT2D eigenvalue weighted by atomic mass is 79.9. The largest absolute Gasteiger partial charge is 0.133 e. The number of hydrogen-bond acceptors (Lipinski definition) is 1. The second-order valence-corrected chi connectivity index (χ2v) is 3.94. The Morgan fingerprint density at radius 2 is 2.56 bits per heavy atom. The number of halogens is 1. The standard InChI is InChI=1S/C7H9BrS/c1-5(2)6-3-4-7(8)9-6/h3-5H,1-2H3/i1D3,2D3,5D. The zero-order valence-corrected chi connectivity index (χ0v) is 6.84. The molecule has 0 bridgehead atoms. The highest BCUT2D eigenvalue weighted by Gasteiger charge is 2.00. The molecule has 0 fully saturated rings. The van der Waals surface area contributed by atoms with Gasteiger partial charge in [-0.15, -0.1) is 11.3 Å². The molecule has 0 nitrogen and oxygen atoms in total. The zero-order valence-electron chi connectivity index (χ0n) is 11.4. The highest BCUT2D eigenvalue weighted by Crippen LogP contribution is 2.27. The molecule has 1 aromatic heterocycles. The molecule has 0 aliphatic heterocycles. The Kier molecular flexibility index (Phi) is 0.741. The molecular weight excluding hydrogens is 196 g/mol. The summed E-state index contributed by atoms with van der Waals surface area (Å²) in [5.41, 5.74) is 0. The molecule has 0 amide bonds. The summed E-state index contributed by atoms with van der Waals surface area (Å²) in [5.74, 6) is -2.57. The maximum Gasteiger partial charge on any atom is 0.0701 e. The second kappa shape index (κ2) is 2.84. The van der Waals surface area contributed by atoms with Gasteiger partial charge in [0, 0.05) is 14.5 Å². The maximum absolute atomic E-state index is 7.84. The molecule has 1 heterocycles. The van der Waals surface area contributed by atoms with Crippen molar-refractivity contribution in [2.75, 3.05) is 0 Å². The van der Waals surface area contributed by atoms with Crippen molar-refractivity contribution in [3.63, 3.8) is 0 Å². The van der Waals surface area contributed by atoms with E-state index >= 15 is 0 Å². The van der Waals surface area contributed by atoms with Gasteiger partial charge in [0.15, 0.2) is 0 Å². The summed E-state index contributed by atoms with van der Waals surface area (Å²) in [4.78, 5) is 0.0133. The molecule has 0 unspecified atom stereocenters. The van der Waals surface area contributed by atoms with Crippen LogP contribution in [0.3, 0.4) is 0 Å². The molecule has 2 heteroatoms. The quantitative estimate of drug-likeness (QED) is 0.666. The van der Waals surface area contributed by atoms with Crippen LogP contribution in [0.15, 0.2) is 15.9 Å². The first-order valence-electron chi connectivity index (χ1n) is 5.76. The molecule has 0 N–H and O–H groups in total. The Bertz CT molecular complexity index is 363. The average molecular weight is 212 g/mol. The first kappa shape index (κ1) is 2.35. The van der Waals surface area contributed by atoms with E-state index in [2.05, 4.69) is 15.9 Å². The molecule has 1 aromatic rings. The third-order valence-electron chi connectivity index (χ3n) is 0.820. The minimum absolute atomic E-state index is 0.0133. The van der Waals surface area contributed by atoms with Crippen molar-refractivity contribution in [1.29, 1.82) is 0 Å². The van der Waals surface area contributed by atoms with E-state index in [0.717, 1.165) is 11.3 Å². The van der Waals surface area contributed by atoms with Gasteiger partial charge in [-0.1, -0.05) is 13.7 Å². The van der Waals surface area contributed by atoms with E-state index in [1.807, 2.05) is 0 Å². The highest BCUT2D eigenvalue weighted by molar-refractivity contribution is 9.11. The van der Waals surface area contributed by atoms with E-state index in [-0.39, 0.29) is 4.88 Å². The molecule has 9 heavy (non-hydrogen) atoms. The summed E-state index contributed by atoms with van der Waals surface area (Å²) in [6, 6.07) is 2.90. The van der Waals surface area contributed by atoms with Crippen LogP contribution in [-0.2, 0) is 0 Å². The fourth-order valence-electron chi connectivity index (χ4n) is 0.449. The summed E-state index contributed by atoms with van der Waals surface area (Å²) in [6.07, 6.45) is 0. The monoisotopic (exact) mass is 211 g/mol. The van der Waals surface area contributed by atoms with Gasteiger partial charge in [0.05, 0.1) is 3.79 Å². The Labute approximate surface area is 77.9 Å². The van der Waals surface area contributed by atoms with Crippen LogP contribution < -0.4 is 0 Å². The Morgan fingerprint density at radius 3 is 3.00 bits per heavy atom. The number of hydrogen-bond donors (Lipinski definition) is 0. The van der Waals surface area contributed by atoms with Crippen LogP contribution in [0.25, 0.3) is 0 Å². The summed E-state index contributed by atoms with van der Waals surface area (Å²) in [6.45, 7) is -5.80. The topological polar surface area (TPSA) is 0 Å². The van der Waals surface area contributed by atoms with Crippen molar-refractivity contribution in [2.24, 2.45) is 0 Å². The fourth-order valence-corrected chi connectivity index (χ4v) is 1.69.